The van der Waals surface area contributed by atoms with Crippen molar-refractivity contribution in [2.75, 3.05) is 33.1 Å². The number of anilines is 1. The number of carbonyl (C=O) groups excluding carboxylic acids is 2. The number of hydrogen-bond acceptors (Lipinski definition) is 5. The van der Waals surface area contributed by atoms with Crippen LogP contribution in [-0.2, 0) is 17.7 Å². The summed E-state index contributed by atoms with van der Waals surface area (Å²) in [6.07, 6.45) is 0.806. The molecule has 132 valence electrons. The summed E-state index contributed by atoms with van der Waals surface area (Å²) in [4.78, 5) is 27.3. The third kappa shape index (κ3) is 3.52. The van der Waals surface area contributed by atoms with Gasteiger partial charge in [-0.15, -0.1) is 11.3 Å². The summed E-state index contributed by atoms with van der Waals surface area (Å²) in [6, 6.07) is 6.84. The second-order valence-electron chi connectivity index (χ2n) is 6.02. The van der Waals surface area contributed by atoms with E-state index in [1.807, 2.05) is 0 Å². The highest BCUT2D eigenvalue weighted by Gasteiger charge is 2.30. The molecule has 0 spiro atoms. The Labute approximate surface area is 150 Å². The predicted octanol–water partition coefficient (Wildman–Crippen LogP) is 1.37. The smallest absolute Gasteiger partial charge is 0.341 e. The van der Waals surface area contributed by atoms with Gasteiger partial charge in [0.2, 0.25) is 0 Å². The van der Waals surface area contributed by atoms with E-state index in [-0.39, 0.29) is 5.91 Å². The zero-order chi connectivity index (χ0) is 18.0. The van der Waals surface area contributed by atoms with Crippen LogP contribution in [0.5, 0.6) is 5.75 Å². The second-order valence-corrected chi connectivity index (χ2v) is 7.12. The number of esters is 1. The first-order valence-electron chi connectivity index (χ1n) is 8.03. The molecule has 0 radical (unpaired) electrons. The maximum Gasteiger partial charge on any atom is 0.341 e. The van der Waals surface area contributed by atoms with Crippen LogP contribution in [0, 0.1) is 0 Å². The molecule has 0 fully saturated rings. The molecule has 0 aliphatic carbocycles. The molecule has 1 aromatic heterocycles. The molecule has 2 N–H and O–H groups in total. The largest absolute Gasteiger partial charge is 0.497 e. The predicted molar refractivity (Wildman–Crippen MR) is 95.8 cm³/mol. The van der Waals surface area contributed by atoms with Crippen LogP contribution in [-0.4, -0.2) is 39.7 Å². The number of hydrogen-bond donors (Lipinski definition) is 2. The number of rotatable bonds is 4. The summed E-state index contributed by atoms with van der Waals surface area (Å²) in [7, 11) is 5.06. The molecular weight excluding hydrogens is 340 g/mol. The molecule has 3 rings (SSSR count). The van der Waals surface area contributed by atoms with Crippen LogP contribution in [0.3, 0.4) is 0 Å². The number of methoxy groups -OCH3 is 2. The number of fused-ring (bicyclic) bond motifs is 1. The topological polar surface area (TPSA) is 69.1 Å². The van der Waals surface area contributed by atoms with Gasteiger partial charge in [-0.3, -0.25) is 4.79 Å². The van der Waals surface area contributed by atoms with Gasteiger partial charge in [-0.1, -0.05) is 0 Å². The molecule has 25 heavy (non-hydrogen) atoms. The average Bonchev–Trinajstić information content (AvgIpc) is 2.97. The molecule has 1 aliphatic heterocycles. The SMILES string of the molecule is COC(=O)c1c(NC(=O)c2ccc(OC)cc2)sc2c1CC[NH+](C)C2. The van der Waals surface area contributed by atoms with Crippen LogP contribution in [0.1, 0.15) is 31.2 Å². The standard InChI is InChI=1S/C18H20N2O4S/c1-20-9-8-13-14(10-20)25-17(15(13)18(22)24-3)19-16(21)11-4-6-12(23-2)7-5-11/h4-7H,8-10H2,1-3H3,(H,19,21)/p+1. The highest BCUT2D eigenvalue weighted by atomic mass is 32.1. The van der Waals surface area contributed by atoms with Crippen molar-refractivity contribution in [2.45, 2.75) is 13.0 Å². The number of thiophene rings is 1. The van der Waals surface area contributed by atoms with Crippen molar-refractivity contribution in [3.05, 3.63) is 45.8 Å². The molecule has 1 aromatic carbocycles. The molecule has 2 heterocycles. The fraction of sp³-hybridized carbons (Fsp3) is 0.333. The lowest BCUT2D eigenvalue weighted by Gasteiger charge is -2.19. The summed E-state index contributed by atoms with van der Waals surface area (Å²) in [6.45, 7) is 1.81. The Bertz CT molecular complexity index is 798. The van der Waals surface area contributed by atoms with E-state index < -0.39 is 5.97 Å². The van der Waals surface area contributed by atoms with E-state index in [9.17, 15) is 9.59 Å². The van der Waals surface area contributed by atoms with Crippen molar-refractivity contribution < 1.29 is 24.0 Å². The first-order chi connectivity index (χ1) is 12.0. The average molecular weight is 361 g/mol. The number of amides is 1. The minimum Gasteiger partial charge on any atom is -0.497 e. The number of quaternary nitrogens is 1. The lowest BCUT2D eigenvalue weighted by atomic mass is 10.0. The summed E-state index contributed by atoms with van der Waals surface area (Å²) in [5.41, 5.74) is 2.01. The Kier molecular flexibility index (Phi) is 5.06. The molecule has 6 nitrogen and oxygen atoms in total. The minimum absolute atomic E-state index is 0.257. The van der Waals surface area contributed by atoms with Crippen LogP contribution in [0.15, 0.2) is 24.3 Å². The minimum atomic E-state index is -0.401. The number of ether oxygens (including phenoxy) is 2. The van der Waals surface area contributed by atoms with E-state index >= 15 is 0 Å². The molecule has 1 amide bonds. The van der Waals surface area contributed by atoms with Gasteiger partial charge in [0.15, 0.2) is 0 Å². The first-order valence-corrected chi connectivity index (χ1v) is 8.84. The van der Waals surface area contributed by atoms with Crippen LogP contribution in [0.25, 0.3) is 0 Å². The molecule has 0 saturated heterocycles. The molecule has 7 heteroatoms. The van der Waals surface area contributed by atoms with Gasteiger partial charge in [0.1, 0.15) is 17.3 Å². The third-order valence-electron chi connectivity index (χ3n) is 4.32. The summed E-state index contributed by atoms with van der Waals surface area (Å²) in [5, 5.41) is 3.44. The second kappa shape index (κ2) is 7.25. The third-order valence-corrected chi connectivity index (χ3v) is 5.47. The van der Waals surface area contributed by atoms with Gasteiger partial charge in [-0.2, -0.15) is 0 Å². The maximum atomic E-state index is 12.6. The van der Waals surface area contributed by atoms with Crippen molar-refractivity contribution in [3.8, 4) is 5.75 Å². The van der Waals surface area contributed by atoms with Crippen LogP contribution in [0.4, 0.5) is 5.00 Å². The van der Waals surface area contributed by atoms with Crippen LogP contribution < -0.4 is 15.0 Å². The Hall–Kier alpha value is -2.38. The summed E-state index contributed by atoms with van der Waals surface area (Å²) >= 11 is 1.46. The maximum absolute atomic E-state index is 12.6. The first kappa shape index (κ1) is 17.4. The molecule has 1 atom stereocenters. The van der Waals surface area contributed by atoms with E-state index in [4.69, 9.17) is 9.47 Å². The molecular formula is C18H21N2O4S+. The Morgan fingerprint density at radius 2 is 1.92 bits per heavy atom. The van der Waals surface area contributed by atoms with Crippen LogP contribution in [0.2, 0.25) is 0 Å². The van der Waals surface area contributed by atoms with E-state index in [1.165, 1.54) is 23.3 Å². The fourth-order valence-electron chi connectivity index (χ4n) is 2.94. The Morgan fingerprint density at radius 3 is 2.56 bits per heavy atom. The molecule has 2 aromatic rings. The highest BCUT2D eigenvalue weighted by Crippen LogP contribution is 2.35. The van der Waals surface area contributed by atoms with Gasteiger partial charge in [-0.05, 0) is 29.8 Å². The van der Waals surface area contributed by atoms with Crippen molar-refractivity contribution in [1.29, 1.82) is 0 Å². The normalized spacial score (nSPS) is 16.0. The zero-order valence-electron chi connectivity index (χ0n) is 14.5. The van der Waals surface area contributed by atoms with Gasteiger partial charge < -0.3 is 19.7 Å². The van der Waals surface area contributed by atoms with Crippen molar-refractivity contribution in [2.24, 2.45) is 0 Å². The van der Waals surface area contributed by atoms with Gasteiger partial charge in [0, 0.05) is 12.0 Å². The summed E-state index contributed by atoms with van der Waals surface area (Å²) in [5.74, 6) is 0.0265. The highest BCUT2D eigenvalue weighted by molar-refractivity contribution is 7.17. The van der Waals surface area contributed by atoms with Gasteiger partial charge in [-0.25, -0.2) is 4.79 Å². The number of nitrogens with one attached hydrogen (secondary N) is 2. The van der Waals surface area contributed by atoms with E-state index in [0.29, 0.717) is 21.9 Å². The summed E-state index contributed by atoms with van der Waals surface area (Å²) < 4.78 is 10.0. The number of likely N-dealkylation sites (N-methyl/N-ethyl adjacent to an activating group) is 1. The molecule has 0 bridgehead atoms. The van der Waals surface area contributed by atoms with Crippen LogP contribution >= 0.6 is 11.3 Å². The Morgan fingerprint density at radius 1 is 1.20 bits per heavy atom. The van der Waals surface area contributed by atoms with Gasteiger partial charge in [0.25, 0.3) is 5.91 Å². The van der Waals surface area contributed by atoms with E-state index in [0.717, 1.165) is 30.0 Å². The molecule has 1 unspecified atom stereocenters. The van der Waals surface area contributed by atoms with Gasteiger partial charge in [0.05, 0.1) is 38.3 Å². The van der Waals surface area contributed by atoms with Gasteiger partial charge >= 0.3 is 5.97 Å². The van der Waals surface area contributed by atoms with Crippen molar-refractivity contribution in [3.63, 3.8) is 0 Å². The lowest BCUT2D eigenvalue weighted by molar-refractivity contribution is -0.895. The van der Waals surface area contributed by atoms with Crippen molar-refractivity contribution in [1.82, 2.24) is 0 Å². The van der Waals surface area contributed by atoms with Crippen molar-refractivity contribution >= 4 is 28.2 Å². The zero-order valence-corrected chi connectivity index (χ0v) is 15.3. The quantitative estimate of drug-likeness (QED) is 0.807. The van der Waals surface area contributed by atoms with E-state index in [1.54, 1.807) is 31.4 Å². The lowest BCUT2D eigenvalue weighted by Crippen LogP contribution is -3.08. The molecule has 1 aliphatic rings. The molecule has 0 saturated carbocycles. The number of benzene rings is 1. The monoisotopic (exact) mass is 361 g/mol. The fourth-order valence-corrected chi connectivity index (χ4v) is 4.29. The van der Waals surface area contributed by atoms with E-state index in [2.05, 4.69) is 12.4 Å². The Balaban J connectivity index is 1.90. The number of carbonyl (C=O) groups is 2.